The van der Waals surface area contributed by atoms with Gasteiger partial charge in [-0.2, -0.15) is 0 Å². The molecule has 2 amide bonds. The van der Waals surface area contributed by atoms with Gasteiger partial charge in [0.25, 0.3) is 0 Å². The number of ether oxygens (including phenoxy) is 1. The number of nitrogens with zero attached hydrogens (tertiary/aromatic N) is 2. The van der Waals surface area contributed by atoms with E-state index >= 15 is 0 Å². The smallest absolute Gasteiger partial charge is 0.317 e. The van der Waals surface area contributed by atoms with Gasteiger partial charge in [-0.25, -0.2) is 4.79 Å². The topological polar surface area (TPSA) is 67.6 Å². The van der Waals surface area contributed by atoms with E-state index in [0.29, 0.717) is 19.0 Å². The molecule has 0 saturated carbocycles. The van der Waals surface area contributed by atoms with E-state index in [1.165, 1.54) is 11.1 Å². The molecule has 6 heteroatoms. The maximum atomic E-state index is 12.3. The molecule has 0 bridgehead atoms. The molecule has 25 heavy (non-hydrogen) atoms. The number of rotatable bonds is 5. The van der Waals surface area contributed by atoms with Gasteiger partial charge >= 0.3 is 6.03 Å². The Kier molecular flexibility index (Phi) is 5.26. The van der Waals surface area contributed by atoms with Gasteiger partial charge in [0.15, 0.2) is 0 Å². The van der Waals surface area contributed by atoms with E-state index in [2.05, 4.69) is 22.6 Å². The average Bonchev–Trinajstić information content (AvgIpc) is 3.03. The third kappa shape index (κ3) is 4.13. The highest BCUT2D eigenvalue weighted by Crippen LogP contribution is 2.33. The number of hydrogen-bond donors (Lipinski definition) is 1. The summed E-state index contributed by atoms with van der Waals surface area (Å²) in [6.07, 6.45) is 3.29. The molecular weight excluding hydrogens is 318 g/mol. The highest BCUT2D eigenvalue weighted by Gasteiger charge is 2.22. The van der Waals surface area contributed by atoms with Crippen molar-refractivity contribution in [2.24, 2.45) is 0 Å². The first-order valence-corrected chi connectivity index (χ1v) is 8.65. The Morgan fingerprint density at radius 3 is 3.00 bits per heavy atom. The molecule has 0 fully saturated rings. The van der Waals surface area contributed by atoms with Crippen LogP contribution in [0.4, 0.5) is 4.79 Å². The highest BCUT2D eigenvalue weighted by atomic mass is 16.5. The minimum atomic E-state index is -0.0960. The Hall–Kier alpha value is -2.50. The van der Waals surface area contributed by atoms with E-state index < -0.39 is 0 Å². The third-order valence-electron chi connectivity index (χ3n) is 4.71. The summed E-state index contributed by atoms with van der Waals surface area (Å²) in [5.41, 5.74) is 3.41. The zero-order valence-electron chi connectivity index (χ0n) is 15.0. The van der Waals surface area contributed by atoms with Crippen molar-refractivity contribution in [3.8, 4) is 5.75 Å². The molecule has 1 atom stereocenters. The highest BCUT2D eigenvalue weighted by molar-refractivity contribution is 5.73. The lowest BCUT2D eigenvalue weighted by Crippen LogP contribution is -2.39. The van der Waals surface area contributed by atoms with Crippen molar-refractivity contribution in [1.29, 1.82) is 0 Å². The van der Waals surface area contributed by atoms with Gasteiger partial charge in [-0.1, -0.05) is 11.2 Å². The van der Waals surface area contributed by atoms with Crippen molar-refractivity contribution >= 4 is 6.03 Å². The summed E-state index contributed by atoms with van der Waals surface area (Å²) >= 11 is 0. The Morgan fingerprint density at radius 1 is 1.44 bits per heavy atom. The number of aryl methyl sites for hydroxylation is 2. The number of carbonyl (C=O) groups is 1. The van der Waals surface area contributed by atoms with Gasteiger partial charge < -0.3 is 19.5 Å². The molecule has 3 rings (SSSR count). The van der Waals surface area contributed by atoms with Crippen molar-refractivity contribution in [1.82, 2.24) is 15.4 Å². The molecule has 0 radical (unpaired) electrons. The molecule has 1 heterocycles. The summed E-state index contributed by atoms with van der Waals surface area (Å²) in [6.45, 7) is 2.91. The molecule has 0 aliphatic heterocycles. The fraction of sp³-hybridized carbons (Fsp3) is 0.474. The van der Waals surface area contributed by atoms with Crippen molar-refractivity contribution in [3.63, 3.8) is 0 Å². The normalized spacial score (nSPS) is 16.2. The number of amides is 2. The lowest BCUT2D eigenvalue weighted by molar-refractivity contribution is 0.204. The van der Waals surface area contributed by atoms with Crippen LogP contribution in [0.5, 0.6) is 5.75 Å². The Balaban J connectivity index is 1.57. The lowest BCUT2D eigenvalue weighted by atomic mass is 9.82. The zero-order valence-corrected chi connectivity index (χ0v) is 15.0. The fourth-order valence-electron chi connectivity index (χ4n) is 3.38. The fourth-order valence-corrected chi connectivity index (χ4v) is 3.38. The van der Waals surface area contributed by atoms with Crippen molar-refractivity contribution in [2.75, 3.05) is 20.7 Å². The van der Waals surface area contributed by atoms with Gasteiger partial charge in [0.2, 0.25) is 0 Å². The number of benzene rings is 1. The minimum Gasteiger partial charge on any atom is -0.497 e. The summed E-state index contributed by atoms with van der Waals surface area (Å²) in [7, 11) is 3.45. The predicted octanol–water partition coefficient (Wildman–Crippen LogP) is 3.25. The molecule has 0 unspecified atom stereocenters. The first kappa shape index (κ1) is 17.3. The second-order valence-electron chi connectivity index (χ2n) is 6.62. The van der Waals surface area contributed by atoms with Crippen LogP contribution in [0.3, 0.4) is 0 Å². The second-order valence-corrected chi connectivity index (χ2v) is 6.62. The predicted molar refractivity (Wildman–Crippen MR) is 94.8 cm³/mol. The first-order chi connectivity index (χ1) is 12.1. The van der Waals surface area contributed by atoms with Crippen LogP contribution in [0.2, 0.25) is 0 Å². The zero-order chi connectivity index (χ0) is 17.8. The van der Waals surface area contributed by atoms with Crippen LogP contribution >= 0.6 is 0 Å². The number of hydrogen-bond acceptors (Lipinski definition) is 4. The van der Waals surface area contributed by atoms with Crippen LogP contribution in [0.15, 0.2) is 28.8 Å². The maximum Gasteiger partial charge on any atom is 0.317 e. The number of carbonyl (C=O) groups excluding carboxylic acids is 1. The number of nitrogens with one attached hydrogen (secondary N) is 1. The van der Waals surface area contributed by atoms with Crippen LogP contribution in [-0.4, -0.2) is 36.8 Å². The summed E-state index contributed by atoms with van der Waals surface area (Å²) in [4.78, 5) is 14.0. The Bertz CT molecular complexity index is 741. The van der Waals surface area contributed by atoms with Gasteiger partial charge in [0.05, 0.1) is 13.7 Å². The second kappa shape index (κ2) is 7.59. The third-order valence-corrected chi connectivity index (χ3v) is 4.71. The van der Waals surface area contributed by atoms with Gasteiger partial charge in [-0.05, 0) is 49.4 Å². The van der Waals surface area contributed by atoms with Crippen LogP contribution in [0.25, 0.3) is 0 Å². The summed E-state index contributed by atoms with van der Waals surface area (Å²) in [6, 6.07) is 7.99. The van der Waals surface area contributed by atoms with Gasteiger partial charge in [0, 0.05) is 25.6 Å². The molecule has 2 aromatic rings. The summed E-state index contributed by atoms with van der Waals surface area (Å²) in [5, 5.41) is 6.97. The van der Waals surface area contributed by atoms with Crippen LogP contribution in [-0.2, 0) is 13.0 Å². The van der Waals surface area contributed by atoms with Crippen molar-refractivity contribution in [2.45, 2.75) is 38.6 Å². The van der Waals surface area contributed by atoms with E-state index in [4.69, 9.17) is 9.26 Å². The van der Waals surface area contributed by atoms with E-state index in [9.17, 15) is 4.79 Å². The molecule has 1 N–H and O–H groups in total. The molecule has 134 valence electrons. The number of fused-ring (bicyclic) bond motifs is 1. The Labute approximate surface area is 148 Å². The molecule has 6 nitrogen and oxygen atoms in total. The van der Waals surface area contributed by atoms with Crippen LogP contribution in [0.1, 0.15) is 41.3 Å². The molecule has 1 aliphatic carbocycles. The standard InChI is InChI=1S/C19H25N3O3/c1-13-9-16(21-25-13)12-22(2)19(23)20-11-15-6-4-5-14-10-17(24-3)7-8-18(14)15/h7-10,15H,4-6,11-12H2,1-3H3,(H,20,23)/t15-/m0/s1. The SMILES string of the molecule is COc1ccc2c(c1)CCC[C@H]2CNC(=O)N(C)Cc1cc(C)on1. The van der Waals surface area contributed by atoms with E-state index in [1.54, 1.807) is 19.1 Å². The van der Waals surface area contributed by atoms with Gasteiger partial charge in [-0.3, -0.25) is 0 Å². The molecule has 1 aromatic heterocycles. The average molecular weight is 343 g/mol. The van der Waals surface area contributed by atoms with Crippen molar-refractivity contribution in [3.05, 3.63) is 46.8 Å². The first-order valence-electron chi connectivity index (χ1n) is 8.65. The lowest BCUT2D eigenvalue weighted by Gasteiger charge is -2.27. The summed E-state index contributed by atoms with van der Waals surface area (Å²) < 4.78 is 10.4. The largest absolute Gasteiger partial charge is 0.497 e. The molecular formula is C19H25N3O3. The van der Waals surface area contributed by atoms with E-state index in [-0.39, 0.29) is 6.03 Å². The monoisotopic (exact) mass is 343 g/mol. The summed E-state index contributed by atoms with van der Waals surface area (Å²) in [5.74, 6) is 1.99. The minimum absolute atomic E-state index is 0.0960. The Morgan fingerprint density at radius 2 is 2.28 bits per heavy atom. The van der Waals surface area contributed by atoms with Crippen LogP contribution in [0, 0.1) is 6.92 Å². The molecule has 1 aliphatic rings. The van der Waals surface area contributed by atoms with Crippen molar-refractivity contribution < 1.29 is 14.1 Å². The van der Waals surface area contributed by atoms with Gasteiger partial charge in [0.1, 0.15) is 17.2 Å². The number of urea groups is 1. The quantitative estimate of drug-likeness (QED) is 0.905. The van der Waals surface area contributed by atoms with E-state index in [1.807, 2.05) is 19.1 Å². The molecule has 0 spiro atoms. The van der Waals surface area contributed by atoms with Gasteiger partial charge in [-0.15, -0.1) is 0 Å². The maximum absolute atomic E-state index is 12.3. The molecule has 0 saturated heterocycles. The van der Waals surface area contributed by atoms with E-state index in [0.717, 1.165) is 36.5 Å². The number of methoxy groups -OCH3 is 1. The van der Waals surface area contributed by atoms with Crippen LogP contribution < -0.4 is 10.1 Å². The number of aromatic nitrogens is 1. The molecule has 1 aromatic carbocycles.